The first-order valence-corrected chi connectivity index (χ1v) is 8.93. The van der Waals surface area contributed by atoms with Crippen LogP contribution in [0, 0.1) is 19.8 Å². The lowest BCUT2D eigenvalue weighted by molar-refractivity contribution is -0.139. The van der Waals surface area contributed by atoms with Crippen LogP contribution in [0.3, 0.4) is 0 Å². The Hall–Kier alpha value is -1.88. The fourth-order valence-corrected chi connectivity index (χ4v) is 3.48. The van der Waals surface area contributed by atoms with E-state index in [1.165, 1.54) is 4.90 Å². The molecular weight excluding hydrogens is 316 g/mol. The quantitative estimate of drug-likeness (QED) is 0.712. The van der Waals surface area contributed by atoms with Gasteiger partial charge in [0.2, 0.25) is 11.8 Å². The van der Waals surface area contributed by atoms with Gasteiger partial charge in [-0.05, 0) is 49.9 Å². The van der Waals surface area contributed by atoms with E-state index < -0.39 is 0 Å². The molecule has 1 saturated heterocycles. The van der Waals surface area contributed by atoms with Crippen LogP contribution in [-0.2, 0) is 16.1 Å². The van der Waals surface area contributed by atoms with Crippen molar-refractivity contribution >= 4 is 11.8 Å². The smallest absolute Gasteiger partial charge is 0.247 e. The van der Waals surface area contributed by atoms with Gasteiger partial charge in [-0.1, -0.05) is 26.0 Å². The standard InChI is InChI=1S/C20H30N2O3/c1-13(2)7-8-22-18(23)11-17(20(22)24)21(5)12-16-9-14(3)19(25-6)15(4)10-16/h9-10,13,17H,7-8,11-12H2,1-6H3. The summed E-state index contributed by atoms with van der Waals surface area (Å²) in [7, 11) is 3.59. The van der Waals surface area contributed by atoms with Crippen molar-refractivity contribution in [2.75, 3.05) is 20.7 Å². The normalized spacial score (nSPS) is 17.9. The minimum Gasteiger partial charge on any atom is -0.496 e. The number of nitrogens with zero attached hydrogens (tertiary/aromatic N) is 2. The minimum absolute atomic E-state index is 0.0513. The number of amides is 2. The number of rotatable bonds is 7. The van der Waals surface area contributed by atoms with Crippen LogP contribution < -0.4 is 4.74 Å². The highest BCUT2D eigenvalue weighted by molar-refractivity contribution is 6.05. The average molecular weight is 346 g/mol. The van der Waals surface area contributed by atoms with Crippen LogP contribution in [0.1, 0.15) is 43.4 Å². The third-order valence-electron chi connectivity index (χ3n) is 4.84. The monoisotopic (exact) mass is 346 g/mol. The molecule has 0 aromatic heterocycles. The largest absolute Gasteiger partial charge is 0.496 e. The molecular formula is C20H30N2O3. The van der Waals surface area contributed by atoms with Crippen LogP contribution in [0.2, 0.25) is 0 Å². The molecule has 1 aromatic rings. The van der Waals surface area contributed by atoms with E-state index in [0.29, 0.717) is 19.0 Å². The highest BCUT2D eigenvalue weighted by atomic mass is 16.5. The van der Waals surface area contributed by atoms with Crippen LogP contribution in [0.25, 0.3) is 0 Å². The van der Waals surface area contributed by atoms with Crippen molar-refractivity contribution in [3.05, 3.63) is 28.8 Å². The Kier molecular flexibility index (Phi) is 6.22. The second-order valence-electron chi connectivity index (χ2n) is 7.46. The number of likely N-dealkylation sites (N-methyl/N-ethyl adjacent to an activating group) is 1. The highest BCUT2D eigenvalue weighted by Gasteiger charge is 2.40. The summed E-state index contributed by atoms with van der Waals surface area (Å²) in [4.78, 5) is 28.3. The van der Waals surface area contributed by atoms with Gasteiger partial charge in [-0.15, -0.1) is 0 Å². The van der Waals surface area contributed by atoms with Gasteiger partial charge in [-0.25, -0.2) is 0 Å². The molecule has 1 aromatic carbocycles. The maximum Gasteiger partial charge on any atom is 0.247 e. The van der Waals surface area contributed by atoms with Crippen molar-refractivity contribution in [1.29, 1.82) is 0 Å². The zero-order valence-electron chi connectivity index (χ0n) is 16.3. The first-order chi connectivity index (χ1) is 11.7. The molecule has 2 rings (SSSR count). The van der Waals surface area contributed by atoms with E-state index in [4.69, 9.17) is 4.74 Å². The minimum atomic E-state index is -0.359. The summed E-state index contributed by atoms with van der Waals surface area (Å²) >= 11 is 0. The highest BCUT2D eigenvalue weighted by Crippen LogP contribution is 2.26. The fourth-order valence-electron chi connectivity index (χ4n) is 3.48. The predicted octanol–water partition coefficient (Wildman–Crippen LogP) is 2.92. The van der Waals surface area contributed by atoms with Crippen LogP contribution >= 0.6 is 0 Å². The lowest BCUT2D eigenvalue weighted by Gasteiger charge is -2.24. The van der Waals surface area contributed by atoms with Crippen molar-refractivity contribution in [3.63, 3.8) is 0 Å². The van der Waals surface area contributed by atoms with Gasteiger partial charge >= 0.3 is 0 Å². The molecule has 1 heterocycles. The lowest BCUT2D eigenvalue weighted by atomic mass is 10.0. The molecule has 5 heteroatoms. The number of methoxy groups -OCH3 is 1. The van der Waals surface area contributed by atoms with Crippen LogP contribution in [0.4, 0.5) is 0 Å². The molecule has 25 heavy (non-hydrogen) atoms. The second kappa shape index (κ2) is 8.00. The van der Waals surface area contributed by atoms with E-state index in [9.17, 15) is 9.59 Å². The van der Waals surface area contributed by atoms with Gasteiger partial charge in [-0.2, -0.15) is 0 Å². The second-order valence-corrected chi connectivity index (χ2v) is 7.46. The number of carbonyl (C=O) groups excluding carboxylic acids is 2. The van der Waals surface area contributed by atoms with E-state index in [-0.39, 0.29) is 24.3 Å². The predicted molar refractivity (Wildman–Crippen MR) is 98.5 cm³/mol. The number of hydrogen-bond donors (Lipinski definition) is 0. The van der Waals surface area contributed by atoms with Crippen LogP contribution in [-0.4, -0.2) is 48.4 Å². The Morgan fingerprint density at radius 1 is 1.24 bits per heavy atom. The molecule has 1 atom stereocenters. The van der Waals surface area contributed by atoms with Gasteiger partial charge in [0.1, 0.15) is 5.75 Å². The molecule has 0 N–H and O–H groups in total. The lowest BCUT2D eigenvalue weighted by Crippen LogP contribution is -2.40. The number of hydrogen-bond acceptors (Lipinski definition) is 4. The topological polar surface area (TPSA) is 49.9 Å². The molecule has 138 valence electrons. The SMILES string of the molecule is COc1c(C)cc(CN(C)C2CC(=O)N(CCC(C)C)C2=O)cc1C. The van der Waals surface area contributed by atoms with Gasteiger partial charge in [-0.3, -0.25) is 19.4 Å². The summed E-state index contributed by atoms with van der Waals surface area (Å²) < 4.78 is 5.41. The molecule has 2 amide bonds. The van der Waals surface area contributed by atoms with Crippen molar-refractivity contribution in [3.8, 4) is 5.75 Å². The third kappa shape index (κ3) is 4.40. The maximum absolute atomic E-state index is 12.6. The molecule has 0 spiro atoms. The van der Waals surface area contributed by atoms with Crippen LogP contribution in [0.15, 0.2) is 12.1 Å². The number of likely N-dealkylation sites (tertiary alicyclic amines) is 1. The van der Waals surface area contributed by atoms with Gasteiger partial charge in [0, 0.05) is 13.1 Å². The fraction of sp³-hybridized carbons (Fsp3) is 0.600. The van der Waals surface area contributed by atoms with E-state index in [1.807, 2.05) is 25.8 Å². The number of aryl methyl sites for hydroxylation is 2. The van der Waals surface area contributed by atoms with Crippen molar-refractivity contribution in [2.24, 2.45) is 5.92 Å². The number of ether oxygens (including phenoxy) is 1. The van der Waals surface area contributed by atoms with Gasteiger partial charge in [0.05, 0.1) is 19.6 Å². The summed E-state index contributed by atoms with van der Waals surface area (Å²) in [5.74, 6) is 1.26. The molecule has 0 aliphatic carbocycles. The van der Waals surface area contributed by atoms with E-state index in [0.717, 1.165) is 28.9 Å². The third-order valence-corrected chi connectivity index (χ3v) is 4.84. The molecule has 0 bridgehead atoms. The summed E-state index contributed by atoms with van der Waals surface area (Å²) in [6, 6.07) is 3.81. The zero-order valence-corrected chi connectivity index (χ0v) is 16.3. The van der Waals surface area contributed by atoms with Gasteiger partial charge < -0.3 is 4.74 Å². The first kappa shape index (κ1) is 19.4. The molecule has 0 saturated carbocycles. The number of imide groups is 1. The molecule has 1 unspecified atom stereocenters. The molecule has 5 nitrogen and oxygen atoms in total. The van der Waals surface area contributed by atoms with Crippen molar-refractivity contribution in [1.82, 2.24) is 9.80 Å². The Labute approximate surface area is 150 Å². The van der Waals surface area contributed by atoms with E-state index >= 15 is 0 Å². The Morgan fingerprint density at radius 3 is 2.36 bits per heavy atom. The summed E-state index contributed by atoms with van der Waals surface area (Å²) in [5.41, 5.74) is 3.29. The Bertz CT molecular complexity index is 631. The van der Waals surface area contributed by atoms with Crippen LogP contribution in [0.5, 0.6) is 5.75 Å². The van der Waals surface area contributed by atoms with E-state index in [2.05, 4.69) is 26.0 Å². The molecule has 1 fully saturated rings. The number of carbonyl (C=O) groups is 2. The average Bonchev–Trinajstić information content (AvgIpc) is 2.79. The maximum atomic E-state index is 12.6. The summed E-state index contributed by atoms with van der Waals surface area (Å²) in [5, 5.41) is 0. The van der Waals surface area contributed by atoms with Crippen molar-refractivity contribution < 1.29 is 14.3 Å². The number of benzene rings is 1. The first-order valence-electron chi connectivity index (χ1n) is 8.93. The molecule has 0 radical (unpaired) electrons. The van der Waals surface area contributed by atoms with Gasteiger partial charge in [0.15, 0.2) is 0 Å². The van der Waals surface area contributed by atoms with E-state index in [1.54, 1.807) is 7.11 Å². The molecule has 1 aliphatic rings. The Balaban J connectivity index is 2.07. The summed E-state index contributed by atoms with van der Waals surface area (Å²) in [6.07, 6.45) is 1.13. The van der Waals surface area contributed by atoms with Gasteiger partial charge in [0.25, 0.3) is 0 Å². The molecule has 1 aliphatic heterocycles. The zero-order chi connectivity index (χ0) is 18.7. The van der Waals surface area contributed by atoms with Crippen molar-refractivity contribution in [2.45, 2.75) is 53.1 Å². The summed E-state index contributed by atoms with van der Waals surface area (Å²) in [6.45, 7) is 9.40. The Morgan fingerprint density at radius 2 is 1.84 bits per heavy atom.